The largest absolute Gasteiger partial charge is 0.380 e. The Kier molecular flexibility index (Phi) is 5.17. The molecule has 0 atom stereocenters. The van der Waals surface area contributed by atoms with Crippen molar-refractivity contribution in [3.05, 3.63) is 65.0 Å². The van der Waals surface area contributed by atoms with E-state index >= 15 is 0 Å². The number of pyridine rings is 1. The van der Waals surface area contributed by atoms with E-state index in [4.69, 9.17) is 11.6 Å². The van der Waals surface area contributed by atoms with Gasteiger partial charge in [0.05, 0.1) is 22.0 Å². The van der Waals surface area contributed by atoms with E-state index in [1.165, 1.54) is 6.20 Å². The highest BCUT2D eigenvalue weighted by molar-refractivity contribution is 6.34. The minimum atomic E-state index is -0.247. The predicted molar refractivity (Wildman–Crippen MR) is 91.8 cm³/mol. The fourth-order valence-corrected chi connectivity index (χ4v) is 2.48. The Labute approximate surface area is 135 Å². The fourth-order valence-electron chi connectivity index (χ4n) is 2.11. The van der Waals surface area contributed by atoms with E-state index in [1.54, 1.807) is 18.3 Å². The van der Waals surface area contributed by atoms with Crippen molar-refractivity contribution in [1.82, 2.24) is 4.98 Å². The van der Waals surface area contributed by atoms with Gasteiger partial charge in [0.1, 0.15) is 0 Å². The third-order valence-corrected chi connectivity index (χ3v) is 3.42. The van der Waals surface area contributed by atoms with Crippen molar-refractivity contribution in [2.24, 2.45) is 0 Å². The number of aryl methyl sites for hydroxylation is 2. The van der Waals surface area contributed by atoms with Crippen LogP contribution in [0.1, 0.15) is 21.5 Å². The van der Waals surface area contributed by atoms with Crippen LogP contribution in [0.2, 0.25) is 5.02 Å². The normalized spacial score (nSPS) is 10.1. The van der Waals surface area contributed by atoms with Crippen LogP contribution in [-0.2, 0) is 0 Å². The lowest BCUT2D eigenvalue weighted by Gasteiger charge is -2.12. The molecule has 0 unspecified atom stereocenters. The number of aromatic nitrogens is 1. The van der Waals surface area contributed by atoms with Gasteiger partial charge in [0.2, 0.25) is 0 Å². The molecule has 1 amide bonds. The second-order valence-corrected chi connectivity index (χ2v) is 5.43. The number of nitrogens with zero attached hydrogens (tertiary/aromatic N) is 1. The zero-order valence-electron chi connectivity index (χ0n) is 12.6. The fraction of sp³-hybridized carbons (Fsp3) is 0.176. The predicted octanol–water partition coefficient (Wildman–Crippen LogP) is 4.20. The van der Waals surface area contributed by atoms with E-state index in [0.29, 0.717) is 22.8 Å². The molecule has 0 aliphatic heterocycles. The highest BCUT2D eigenvalue weighted by atomic mass is 35.5. The van der Waals surface area contributed by atoms with Gasteiger partial charge in [-0.15, -0.1) is 6.58 Å². The number of amides is 1. The van der Waals surface area contributed by atoms with Gasteiger partial charge in [-0.05, 0) is 37.1 Å². The van der Waals surface area contributed by atoms with Crippen molar-refractivity contribution >= 4 is 28.9 Å². The second-order valence-electron chi connectivity index (χ2n) is 5.02. The number of carbonyl (C=O) groups is 1. The van der Waals surface area contributed by atoms with Crippen molar-refractivity contribution in [2.75, 3.05) is 17.2 Å². The van der Waals surface area contributed by atoms with Crippen molar-refractivity contribution in [3.63, 3.8) is 0 Å². The van der Waals surface area contributed by atoms with E-state index in [-0.39, 0.29) is 5.91 Å². The first-order valence-electron chi connectivity index (χ1n) is 6.89. The zero-order valence-corrected chi connectivity index (χ0v) is 13.4. The molecule has 1 aromatic carbocycles. The third kappa shape index (κ3) is 3.86. The first-order chi connectivity index (χ1) is 10.5. The van der Waals surface area contributed by atoms with Crippen molar-refractivity contribution in [1.29, 1.82) is 0 Å². The quantitative estimate of drug-likeness (QED) is 0.813. The number of anilines is 2. The second kappa shape index (κ2) is 7.09. The van der Waals surface area contributed by atoms with Gasteiger partial charge in [0.25, 0.3) is 5.91 Å². The number of hydrogen-bond donors (Lipinski definition) is 2. The highest BCUT2D eigenvalue weighted by Crippen LogP contribution is 2.27. The molecule has 114 valence electrons. The Bertz CT molecular complexity index is 690. The van der Waals surface area contributed by atoms with Gasteiger partial charge in [0, 0.05) is 18.9 Å². The molecule has 0 saturated heterocycles. The highest BCUT2D eigenvalue weighted by Gasteiger charge is 2.12. The Balaban J connectivity index is 2.21. The van der Waals surface area contributed by atoms with Crippen LogP contribution in [0.5, 0.6) is 0 Å². The molecule has 2 rings (SSSR count). The Morgan fingerprint density at radius 1 is 1.32 bits per heavy atom. The summed E-state index contributed by atoms with van der Waals surface area (Å²) < 4.78 is 0. The van der Waals surface area contributed by atoms with Gasteiger partial charge in [-0.25, -0.2) is 0 Å². The van der Waals surface area contributed by atoms with Crippen LogP contribution >= 0.6 is 11.6 Å². The molecule has 0 aliphatic rings. The Hall–Kier alpha value is -2.33. The summed E-state index contributed by atoms with van der Waals surface area (Å²) in [5, 5.41) is 6.47. The number of benzene rings is 1. The molecule has 0 fully saturated rings. The van der Waals surface area contributed by atoms with Gasteiger partial charge < -0.3 is 10.6 Å². The number of carbonyl (C=O) groups excluding carboxylic acids is 1. The molecule has 2 N–H and O–H groups in total. The number of nitrogens with one attached hydrogen (secondary N) is 2. The molecule has 0 spiro atoms. The average Bonchev–Trinajstić information content (AvgIpc) is 2.49. The van der Waals surface area contributed by atoms with Crippen LogP contribution in [0.3, 0.4) is 0 Å². The van der Waals surface area contributed by atoms with E-state index in [9.17, 15) is 4.79 Å². The summed E-state index contributed by atoms with van der Waals surface area (Å²) in [5.74, 6) is -0.247. The first-order valence-corrected chi connectivity index (χ1v) is 7.27. The Morgan fingerprint density at radius 3 is 2.77 bits per heavy atom. The van der Waals surface area contributed by atoms with Gasteiger partial charge in [0.15, 0.2) is 0 Å². The summed E-state index contributed by atoms with van der Waals surface area (Å²) in [7, 11) is 0. The van der Waals surface area contributed by atoms with Crippen LogP contribution in [0.4, 0.5) is 11.4 Å². The Morgan fingerprint density at radius 2 is 2.09 bits per heavy atom. The minimum Gasteiger partial charge on any atom is -0.380 e. The number of rotatable bonds is 5. The van der Waals surface area contributed by atoms with Gasteiger partial charge in [-0.2, -0.15) is 0 Å². The smallest absolute Gasteiger partial charge is 0.257 e. The van der Waals surface area contributed by atoms with Crippen molar-refractivity contribution < 1.29 is 4.79 Å². The maximum atomic E-state index is 12.4. The zero-order chi connectivity index (χ0) is 16.1. The summed E-state index contributed by atoms with van der Waals surface area (Å²) >= 11 is 6.21. The molecule has 4 nitrogen and oxygen atoms in total. The van der Waals surface area contributed by atoms with E-state index in [2.05, 4.69) is 22.2 Å². The van der Waals surface area contributed by atoms with Gasteiger partial charge in [-0.1, -0.05) is 23.7 Å². The SMILES string of the molecule is C=CCNc1cncc(C(=O)Nc2c(C)cc(C)cc2Cl)c1. The van der Waals surface area contributed by atoms with E-state index in [0.717, 1.165) is 16.8 Å². The van der Waals surface area contributed by atoms with Crippen LogP contribution in [0, 0.1) is 13.8 Å². The molecule has 5 heteroatoms. The van der Waals surface area contributed by atoms with Crippen LogP contribution < -0.4 is 10.6 Å². The molecular weight excluding hydrogens is 298 g/mol. The third-order valence-electron chi connectivity index (χ3n) is 3.12. The number of halogens is 1. The van der Waals surface area contributed by atoms with E-state index in [1.807, 2.05) is 26.0 Å². The molecule has 1 heterocycles. The molecular formula is C17H18ClN3O. The lowest BCUT2D eigenvalue weighted by atomic mass is 10.1. The van der Waals surface area contributed by atoms with Crippen LogP contribution in [-0.4, -0.2) is 17.4 Å². The van der Waals surface area contributed by atoms with Crippen LogP contribution in [0.25, 0.3) is 0 Å². The summed E-state index contributed by atoms with van der Waals surface area (Å²) in [4.78, 5) is 16.4. The topological polar surface area (TPSA) is 54.0 Å². The molecule has 0 aliphatic carbocycles. The summed E-state index contributed by atoms with van der Waals surface area (Å²) in [6.07, 6.45) is 4.92. The molecule has 0 saturated carbocycles. The molecule has 22 heavy (non-hydrogen) atoms. The molecule has 0 radical (unpaired) electrons. The number of hydrogen-bond acceptors (Lipinski definition) is 3. The maximum Gasteiger partial charge on any atom is 0.257 e. The summed E-state index contributed by atoms with van der Waals surface area (Å²) in [6, 6.07) is 5.54. The van der Waals surface area contributed by atoms with Crippen molar-refractivity contribution in [2.45, 2.75) is 13.8 Å². The molecule has 2 aromatic rings. The minimum absolute atomic E-state index is 0.247. The standard InChI is InChI=1S/C17H18ClN3O/c1-4-5-20-14-8-13(9-19-10-14)17(22)21-16-12(3)6-11(2)7-15(16)18/h4,6-10,20H,1,5H2,2-3H3,(H,21,22). The summed E-state index contributed by atoms with van der Waals surface area (Å²) in [6.45, 7) is 8.12. The maximum absolute atomic E-state index is 12.4. The van der Waals surface area contributed by atoms with E-state index < -0.39 is 0 Å². The van der Waals surface area contributed by atoms with Crippen molar-refractivity contribution in [3.8, 4) is 0 Å². The summed E-state index contributed by atoms with van der Waals surface area (Å²) in [5.41, 5.74) is 3.83. The average molecular weight is 316 g/mol. The van der Waals surface area contributed by atoms with Gasteiger partial charge >= 0.3 is 0 Å². The van der Waals surface area contributed by atoms with Gasteiger partial charge in [-0.3, -0.25) is 9.78 Å². The lowest BCUT2D eigenvalue weighted by Crippen LogP contribution is -2.14. The van der Waals surface area contributed by atoms with Crippen LogP contribution in [0.15, 0.2) is 43.2 Å². The monoisotopic (exact) mass is 315 g/mol. The molecule has 1 aromatic heterocycles. The molecule has 0 bridgehead atoms. The lowest BCUT2D eigenvalue weighted by molar-refractivity contribution is 0.102. The first kappa shape index (κ1) is 16.0.